The van der Waals surface area contributed by atoms with E-state index in [9.17, 15) is 4.79 Å². The van der Waals surface area contributed by atoms with Gasteiger partial charge in [0, 0.05) is 19.1 Å². The normalized spacial score (nSPS) is 29.1. The molecule has 0 aromatic carbocycles. The van der Waals surface area contributed by atoms with Gasteiger partial charge in [-0.2, -0.15) is 0 Å². The standard InChI is InChI=1S/C12H22N2O2/c1-12(2)4-3-10(9-12)13-11(15)14-5-7-16-8-6-14/h10H,3-9H2,1-2H3,(H,13,15). The van der Waals surface area contributed by atoms with Gasteiger partial charge in [0.05, 0.1) is 13.2 Å². The van der Waals surface area contributed by atoms with E-state index in [0.29, 0.717) is 24.7 Å². The lowest BCUT2D eigenvalue weighted by atomic mass is 9.92. The first-order chi connectivity index (χ1) is 7.57. The summed E-state index contributed by atoms with van der Waals surface area (Å²) in [6.07, 6.45) is 3.42. The second kappa shape index (κ2) is 4.62. The third-order valence-corrected chi connectivity index (χ3v) is 3.59. The van der Waals surface area contributed by atoms with E-state index in [4.69, 9.17) is 4.74 Å². The summed E-state index contributed by atoms with van der Waals surface area (Å²) in [7, 11) is 0. The minimum atomic E-state index is 0.0889. The lowest BCUT2D eigenvalue weighted by molar-refractivity contribution is 0.0524. The van der Waals surface area contributed by atoms with E-state index in [2.05, 4.69) is 19.2 Å². The molecule has 1 aliphatic carbocycles. The Hall–Kier alpha value is -0.770. The average molecular weight is 226 g/mol. The number of morpholine rings is 1. The Labute approximate surface area is 97.3 Å². The van der Waals surface area contributed by atoms with Crippen LogP contribution < -0.4 is 5.32 Å². The summed E-state index contributed by atoms with van der Waals surface area (Å²) in [4.78, 5) is 13.8. The maximum atomic E-state index is 11.9. The highest BCUT2D eigenvalue weighted by Crippen LogP contribution is 2.36. The summed E-state index contributed by atoms with van der Waals surface area (Å²) in [5.41, 5.74) is 0.392. The molecule has 4 nitrogen and oxygen atoms in total. The maximum Gasteiger partial charge on any atom is 0.317 e. The number of urea groups is 1. The average Bonchev–Trinajstić information content (AvgIpc) is 2.59. The first-order valence-electron chi connectivity index (χ1n) is 6.20. The van der Waals surface area contributed by atoms with Gasteiger partial charge in [0.1, 0.15) is 0 Å². The highest BCUT2D eigenvalue weighted by Gasteiger charge is 2.32. The van der Waals surface area contributed by atoms with E-state index in [-0.39, 0.29) is 6.03 Å². The van der Waals surface area contributed by atoms with Crippen LogP contribution in [0.4, 0.5) is 4.79 Å². The Bertz CT molecular complexity index is 260. The number of nitrogens with one attached hydrogen (secondary N) is 1. The van der Waals surface area contributed by atoms with Crippen LogP contribution in [0.1, 0.15) is 33.1 Å². The molecule has 1 N–H and O–H groups in total. The number of carbonyl (C=O) groups is 1. The number of nitrogens with zero attached hydrogens (tertiary/aromatic N) is 1. The van der Waals surface area contributed by atoms with Crippen molar-refractivity contribution in [1.82, 2.24) is 10.2 Å². The number of rotatable bonds is 1. The zero-order valence-corrected chi connectivity index (χ0v) is 10.3. The molecule has 1 aliphatic heterocycles. The van der Waals surface area contributed by atoms with Gasteiger partial charge in [-0.1, -0.05) is 13.8 Å². The number of amides is 2. The zero-order valence-electron chi connectivity index (χ0n) is 10.3. The molecule has 16 heavy (non-hydrogen) atoms. The van der Waals surface area contributed by atoms with Gasteiger partial charge in [0.2, 0.25) is 0 Å². The van der Waals surface area contributed by atoms with Gasteiger partial charge in [-0.25, -0.2) is 4.79 Å². The quantitative estimate of drug-likeness (QED) is 0.738. The maximum absolute atomic E-state index is 11.9. The molecule has 0 spiro atoms. The summed E-state index contributed by atoms with van der Waals surface area (Å²) in [5, 5.41) is 3.14. The molecule has 0 aromatic rings. The fraction of sp³-hybridized carbons (Fsp3) is 0.917. The molecular formula is C12H22N2O2. The van der Waals surface area contributed by atoms with Crippen molar-refractivity contribution in [3.63, 3.8) is 0 Å². The van der Waals surface area contributed by atoms with Crippen LogP contribution in [0.2, 0.25) is 0 Å². The summed E-state index contributed by atoms with van der Waals surface area (Å²) >= 11 is 0. The van der Waals surface area contributed by atoms with Crippen molar-refractivity contribution in [2.75, 3.05) is 26.3 Å². The van der Waals surface area contributed by atoms with Crippen LogP contribution >= 0.6 is 0 Å². The van der Waals surface area contributed by atoms with Crippen molar-refractivity contribution in [2.24, 2.45) is 5.41 Å². The van der Waals surface area contributed by atoms with Crippen LogP contribution in [0.5, 0.6) is 0 Å². The summed E-state index contributed by atoms with van der Waals surface area (Å²) in [6, 6.07) is 0.455. The minimum absolute atomic E-state index is 0.0889. The Morgan fingerprint density at radius 1 is 1.38 bits per heavy atom. The van der Waals surface area contributed by atoms with Gasteiger partial charge in [-0.15, -0.1) is 0 Å². The summed E-state index contributed by atoms with van der Waals surface area (Å²) in [6.45, 7) is 7.33. The van der Waals surface area contributed by atoms with Crippen molar-refractivity contribution >= 4 is 6.03 Å². The van der Waals surface area contributed by atoms with E-state index in [1.807, 2.05) is 4.90 Å². The monoisotopic (exact) mass is 226 g/mol. The Kier molecular flexibility index (Phi) is 3.38. The molecule has 2 amide bonds. The van der Waals surface area contributed by atoms with Crippen molar-refractivity contribution < 1.29 is 9.53 Å². The number of hydrogen-bond acceptors (Lipinski definition) is 2. The summed E-state index contributed by atoms with van der Waals surface area (Å²) in [5.74, 6) is 0. The van der Waals surface area contributed by atoms with Crippen LogP contribution in [0.3, 0.4) is 0 Å². The van der Waals surface area contributed by atoms with Crippen molar-refractivity contribution in [3.05, 3.63) is 0 Å². The van der Waals surface area contributed by atoms with E-state index >= 15 is 0 Å². The number of carbonyl (C=O) groups excluding carboxylic acids is 1. The van der Waals surface area contributed by atoms with E-state index in [1.54, 1.807) is 0 Å². The van der Waals surface area contributed by atoms with Gasteiger partial charge in [0.25, 0.3) is 0 Å². The molecule has 0 bridgehead atoms. The molecule has 2 fully saturated rings. The number of hydrogen-bond donors (Lipinski definition) is 1. The SMILES string of the molecule is CC1(C)CCC(NC(=O)N2CCOCC2)C1. The van der Waals surface area contributed by atoms with Crippen molar-refractivity contribution in [3.8, 4) is 0 Å². The van der Waals surface area contributed by atoms with E-state index in [1.165, 1.54) is 6.42 Å². The molecule has 1 saturated carbocycles. The first kappa shape index (κ1) is 11.7. The van der Waals surface area contributed by atoms with E-state index in [0.717, 1.165) is 25.9 Å². The molecule has 1 saturated heterocycles. The molecule has 1 heterocycles. The van der Waals surface area contributed by atoms with Gasteiger partial charge in [-0.3, -0.25) is 0 Å². The number of ether oxygens (including phenoxy) is 1. The van der Waals surface area contributed by atoms with Crippen LogP contribution in [-0.4, -0.2) is 43.3 Å². The predicted molar refractivity (Wildman–Crippen MR) is 62.3 cm³/mol. The van der Waals surface area contributed by atoms with Crippen LogP contribution in [-0.2, 0) is 4.74 Å². The van der Waals surface area contributed by atoms with Crippen LogP contribution in [0.25, 0.3) is 0 Å². The van der Waals surface area contributed by atoms with Gasteiger partial charge in [0.15, 0.2) is 0 Å². The topological polar surface area (TPSA) is 41.6 Å². The Morgan fingerprint density at radius 2 is 2.06 bits per heavy atom. The first-order valence-corrected chi connectivity index (χ1v) is 6.20. The lowest BCUT2D eigenvalue weighted by Gasteiger charge is -2.28. The molecule has 1 atom stereocenters. The smallest absolute Gasteiger partial charge is 0.317 e. The minimum Gasteiger partial charge on any atom is -0.378 e. The van der Waals surface area contributed by atoms with Crippen LogP contribution in [0, 0.1) is 5.41 Å². The molecule has 2 aliphatic rings. The Balaban J connectivity index is 1.79. The largest absolute Gasteiger partial charge is 0.378 e. The summed E-state index contributed by atoms with van der Waals surface area (Å²) < 4.78 is 5.23. The fourth-order valence-corrected chi connectivity index (χ4v) is 2.59. The third-order valence-electron chi connectivity index (χ3n) is 3.59. The second-order valence-corrected chi connectivity index (χ2v) is 5.65. The van der Waals surface area contributed by atoms with Crippen molar-refractivity contribution in [1.29, 1.82) is 0 Å². The molecule has 4 heteroatoms. The van der Waals surface area contributed by atoms with Gasteiger partial charge >= 0.3 is 6.03 Å². The molecule has 1 unspecified atom stereocenters. The predicted octanol–water partition coefficient (Wildman–Crippen LogP) is 1.61. The van der Waals surface area contributed by atoms with Gasteiger partial charge < -0.3 is 15.0 Å². The highest BCUT2D eigenvalue weighted by atomic mass is 16.5. The molecule has 2 rings (SSSR count). The molecule has 0 radical (unpaired) electrons. The lowest BCUT2D eigenvalue weighted by Crippen LogP contribution is -2.48. The second-order valence-electron chi connectivity index (χ2n) is 5.65. The molecule has 92 valence electrons. The van der Waals surface area contributed by atoms with Crippen LogP contribution in [0.15, 0.2) is 0 Å². The van der Waals surface area contributed by atoms with Crippen molar-refractivity contribution in [2.45, 2.75) is 39.2 Å². The highest BCUT2D eigenvalue weighted by molar-refractivity contribution is 5.74. The van der Waals surface area contributed by atoms with E-state index < -0.39 is 0 Å². The third kappa shape index (κ3) is 2.88. The fourth-order valence-electron chi connectivity index (χ4n) is 2.59. The molecule has 0 aromatic heterocycles. The zero-order chi connectivity index (χ0) is 11.6. The van der Waals surface area contributed by atoms with Gasteiger partial charge in [-0.05, 0) is 24.7 Å². The molecular weight excluding hydrogens is 204 g/mol. The Morgan fingerprint density at radius 3 is 2.62 bits per heavy atom.